The molecule has 15 heteroatoms. The Morgan fingerprint density at radius 3 is 2.69 bits per heavy atom. The Balaban J connectivity index is 1.17. The molecule has 3 fully saturated rings. The van der Waals surface area contributed by atoms with E-state index in [1.807, 2.05) is 0 Å². The number of aliphatic hydroxyl groups is 2. The van der Waals surface area contributed by atoms with Gasteiger partial charge in [0.1, 0.15) is 23.5 Å². The zero-order chi connectivity index (χ0) is 27.7. The van der Waals surface area contributed by atoms with Gasteiger partial charge in [0, 0.05) is 26.1 Å². The number of amides is 3. The number of anilines is 1. The van der Waals surface area contributed by atoms with Gasteiger partial charge in [-0.1, -0.05) is 0 Å². The zero-order valence-corrected chi connectivity index (χ0v) is 21.7. The van der Waals surface area contributed by atoms with Crippen molar-refractivity contribution < 1.29 is 34.1 Å². The van der Waals surface area contributed by atoms with Gasteiger partial charge >= 0.3 is 6.09 Å². The second-order valence-electron chi connectivity index (χ2n) is 10.1. The number of piperidine rings is 1. The molecule has 3 aliphatic rings. The summed E-state index contributed by atoms with van der Waals surface area (Å²) in [6, 6.07) is 0. The molecule has 2 aromatic rings. The summed E-state index contributed by atoms with van der Waals surface area (Å²) in [5.74, 6) is 0.362. The van der Waals surface area contributed by atoms with Crippen molar-refractivity contribution in [2.45, 2.75) is 69.7 Å². The number of hydrogen-bond acceptors (Lipinski definition) is 11. The second kappa shape index (κ2) is 11.3. The molecule has 2 aromatic heterocycles. The highest BCUT2D eigenvalue weighted by Crippen LogP contribution is 2.32. The van der Waals surface area contributed by atoms with Crippen molar-refractivity contribution in [1.29, 1.82) is 0 Å². The minimum Gasteiger partial charge on any atom is -0.434 e. The van der Waals surface area contributed by atoms with Gasteiger partial charge in [0.25, 0.3) is 11.8 Å². The van der Waals surface area contributed by atoms with Gasteiger partial charge < -0.3 is 41.0 Å². The molecule has 0 aromatic carbocycles. The maximum Gasteiger partial charge on any atom is 0.410 e. The maximum absolute atomic E-state index is 12.2. The number of hydrogen-bond donors (Lipinski definition) is 5. The molecule has 2 unspecified atom stereocenters. The minimum absolute atomic E-state index is 0.189. The summed E-state index contributed by atoms with van der Waals surface area (Å²) >= 11 is 0. The third-order valence-electron chi connectivity index (χ3n) is 7.50. The molecule has 212 valence electrons. The minimum atomic E-state index is -1.41. The summed E-state index contributed by atoms with van der Waals surface area (Å²) in [4.78, 5) is 50.7. The lowest BCUT2D eigenvalue weighted by Gasteiger charge is -2.33. The molecule has 15 nitrogen and oxygen atoms in total. The first-order valence-corrected chi connectivity index (χ1v) is 13.3. The van der Waals surface area contributed by atoms with Crippen molar-refractivity contribution in [1.82, 2.24) is 35.1 Å². The first kappa shape index (κ1) is 27.0. The van der Waals surface area contributed by atoms with E-state index in [2.05, 4.69) is 25.6 Å². The van der Waals surface area contributed by atoms with E-state index in [0.717, 1.165) is 25.7 Å². The van der Waals surface area contributed by atoms with E-state index in [-0.39, 0.29) is 11.7 Å². The molecule has 0 bridgehead atoms. The summed E-state index contributed by atoms with van der Waals surface area (Å²) < 4.78 is 12.4. The number of carbonyl (C=O) groups is 3. The van der Waals surface area contributed by atoms with Crippen LogP contribution in [0.2, 0.25) is 0 Å². The fraction of sp³-hybridized carbons (Fsp3) is 0.667. The number of β-lactam (4-membered cyclic amide) rings is 1. The normalized spacial score (nSPS) is 27.3. The molecule has 39 heavy (non-hydrogen) atoms. The lowest BCUT2D eigenvalue weighted by molar-refractivity contribution is -0.138. The summed E-state index contributed by atoms with van der Waals surface area (Å²) in [6.07, 6.45) is -0.848. The van der Waals surface area contributed by atoms with Crippen LogP contribution >= 0.6 is 0 Å². The third-order valence-corrected chi connectivity index (χ3v) is 7.50. The van der Waals surface area contributed by atoms with Gasteiger partial charge in [-0.2, -0.15) is 0 Å². The van der Waals surface area contributed by atoms with Gasteiger partial charge in [-0.05, 0) is 38.5 Å². The largest absolute Gasteiger partial charge is 0.434 e. The Labute approximate surface area is 224 Å². The molecule has 0 radical (unpaired) electrons. The van der Waals surface area contributed by atoms with Gasteiger partial charge in [0.2, 0.25) is 0 Å². The van der Waals surface area contributed by atoms with Crippen LogP contribution in [0.1, 0.15) is 44.7 Å². The smallest absolute Gasteiger partial charge is 0.410 e. The average Bonchev–Trinajstić information content (AvgIpc) is 3.47. The van der Waals surface area contributed by atoms with Gasteiger partial charge in [0.15, 0.2) is 29.9 Å². The van der Waals surface area contributed by atoms with Crippen LogP contribution in [-0.2, 0) is 25.5 Å². The summed E-state index contributed by atoms with van der Waals surface area (Å²) in [5.41, 5.74) is 6.83. The van der Waals surface area contributed by atoms with Gasteiger partial charge in [-0.25, -0.2) is 19.7 Å². The first-order chi connectivity index (χ1) is 18.8. The summed E-state index contributed by atoms with van der Waals surface area (Å²) in [7, 11) is 0. The molecule has 5 atom stereocenters. The van der Waals surface area contributed by atoms with Crippen molar-refractivity contribution >= 4 is 34.9 Å². The Kier molecular flexibility index (Phi) is 7.81. The van der Waals surface area contributed by atoms with Crippen molar-refractivity contribution in [3.63, 3.8) is 0 Å². The number of likely N-dealkylation sites (N-methyl/N-ethyl adjacent to an activating group) is 1. The number of nitrogens with two attached hydrogens (primary N) is 1. The van der Waals surface area contributed by atoms with E-state index < -0.39 is 42.6 Å². The van der Waals surface area contributed by atoms with Crippen LogP contribution in [0.5, 0.6) is 0 Å². The van der Waals surface area contributed by atoms with Crippen molar-refractivity contribution in [2.24, 2.45) is 5.92 Å². The highest BCUT2D eigenvalue weighted by molar-refractivity contribution is 5.88. The van der Waals surface area contributed by atoms with Crippen molar-refractivity contribution in [3.8, 4) is 0 Å². The summed E-state index contributed by atoms with van der Waals surface area (Å²) in [6.45, 7) is 3.64. The number of aromatic nitrogens is 4. The molecule has 5 rings (SSSR count). The van der Waals surface area contributed by atoms with E-state index in [4.69, 9.17) is 15.2 Å². The molecule has 0 spiro atoms. The number of imidazole rings is 1. The molecule has 5 heterocycles. The van der Waals surface area contributed by atoms with E-state index >= 15 is 0 Å². The number of carbonyl (C=O) groups excluding carboxylic acids is 3. The van der Waals surface area contributed by atoms with E-state index in [1.54, 1.807) is 11.8 Å². The number of ether oxygens (including phenoxy) is 2. The van der Waals surface area contributed by atoms with Gasteiger partial charge in [-0.15, -0.1) is 0 Å². The van der Waals surface area contributed by atoms with Crippen LogP contribution in [0.4, 0.5) is 10.6 Å². The van der Waals surface area contributed by atoms with E-state index in [1.165, 1.54) is 10.9 Å². The molecule has 0 saturated carbocycles. The van der Waals surface area contributed by atoms with Crippen LogP contribution < -0.4 is 16.4 Å². The lowest BCUT2D eigenvalue weighted by atomic mass is 9.91. The standard InChI is InChI=1S/C24H34N8O7/c1-2-26-22(36)18-16(33)17(34)23(39-18)32-11-28-15-19(25)29-14(30-20(15)32)5-3-4-12-6-8-31(9-7-12)24(37)38-13-10-27-21(13)35/h11-13,16-18,23,33-34H,2-10H2,1H3,(H,26,36)(H,27,35)(H2,25,29,30)/t13?,16-,17?,18+,23-/m1/s1. The fourth-order valence-corrected chi connectivity index (χ4v) is 5.18. The Morgan fingerprint density at radius 1 is 1.26 bits per heavy atom. The van der Waals surface area contributed by atoms with E-state index in [9.17, 15) is 24.6 Å². The highest BCUT2D eigenvalue weighted by atomic mass is 16.6. The molecule has 3 aliphatic heterocycles. The number of rotatable bonds is 8. The van der Waals surface area contributed by atoms with Gasteiger partial charge in [-0.3, -0.25) is 14.2 Å². The average molecular weight is 547 g/mol. The monoisotopic (exact) mass is 546 g/mol. The topological polar surface area (TPSA) is 207 Å². The van der Waals surface area contributed by atoms with Crippen molar-refractivity contribution in [2.75, 3.05) is 31.9 Å². The summed E-state index contributed by atoms with van der Waals surface area (Å²) in [5, 5.41) is 26.1. The van der Waals surface area contributed by atoms with Crippen LogP contribution in [-0.4, -0.2) is 103 Å². The Hall–Kier alpha value is -3.56. The lowest BCUT2D eigenvalue weighted by Crippen LogP contribution is -2.56. The molecular formula is C24H34N8O7. The number of aliphatic hydroxyl groups excluding tert-OH is 2. The van der Waals surface area contributed by atoms with Crippen LogP contribution in [0.3, 0.4) is 0 Å². The predicted octanol–water partition coefficient (Wildman–Crippen LogP) is -1.17. The molecule has 3 saturated heterocycles. The quantitative estimate of drug-likeness (QED) is 0.249. The SMILES string of the molecule is CCNC(=O)[C@H]1O[C@@H](n2cnc3c(N)nc(CCCC4CCN(C(=O)OC5CNC5=O)CC4)nc32)C(O)[C@H]1O. The molecule has 6 N–H and O–H groups in total. The fourth-order valence-electron chi connectivity index (χ4n) is 5.18. The molecular weight excluding hydrogens is 512 g/mol. The number of nitrogens with one attached hydrogen (secondary N) is 2. The van der Waals surface area contributed by atoms with Crippen LogP contribution in [0.25, 0.3) is 11.2 Å². The Bertz CT molecular complexity index is 1230. The highest BCUT2D eigenvalue weighted by Gasteiger charge is 2.47. The molecule has 3 amide bonds. The zero-order valence-electron chi connectivity index (χ0n) is 21.7. The van der Waals surface area contributed by atoms with E-state index in [0.29, 0.717) is 55.5 Å². The number of aryl methyl sites for hydroxylation is 1. The maximum atomic E-state index is 12.2. The molecule has 0 aliphatic carbocycles. The number of nitrogen functional groups attached to an aromatic ring is 1. The van der Waals surface area contributed by atoms with Crippen LogP contribution in [0.15, 0.2) is 6.33 Å². The first-order valence-electron chi connectivity index (χ1n) is 13.3. The number of likely N-dealkylation sites (tertiary alicyclic amines) is 1. The van der Waals surface area contributed by atoms with Crippen LogP contribution in [0, 0.1) is 5.92 Å². The second-order valence-corrected chi connectivity index (χ2v) is 10.1. The predicted molar refractivity (Wildman–Crippen MR) is 135 cm³/mol. The Morgan fingerprint density at radius 2 is 2.03 bits per heavy atom. The van der Waals surface area contributed by atoms with Crippen molar-refractivity contribution in [3.05, 3.63) is 12.2 Å². The third kappa shape index (κ3) is 5.46. The van der Waals surface area contributed by atoms with Gasteiger partial charge in [0.05, 0.1) is 12.9 Å². The number of fused-ring (bicyclic) bond motifs is 1. The number of nitrogens with zero attached hydrogens (tertiary/aromatic N) is 5.